The Morgan fingerprint density at radius 2 is 2.11 bits per heavy atom. The normalized spacial score (nSPS) is 13.7. The molecule has 4 nitrogen and oxygen atoms in total. The first kappa shape index (κ1) is 15.0. The Kier molecular flexibility index (Phi) is 5.20. The van der Waals surface area contributed by atoms with Crippen molar-refractivity contribution in [1.82, 2.24) is 15.1 Å². The van der Waals surface area contributed by atoms with Crippen LogP contribution in [0.5, 0.6) is 5.75 Å². The highest BCUT2D eigenvalue weighted by molar-refractivity contribution is 5.28. The lowest BCUT2D eigenvalue weighted by molar-refractivity contribution is 0.296. The molecule has 1 aromatic heterocycles. The Labute approximate surface area is 111 Å². The van der Waals surface area contributed by atoms with Crippen molar-refractivity contribution in [2.45, 2.75) is 46.6 Å². The summed E-state index contributed by atoms with van der Waals surface area (Å²) in [5.74, 6) is 0.871. The lowest BCUT2D eigenvalue weighted by Gasteiger charge is -2.27. The van der Waals surface area contributed by atoms with Gasteiger partial charge in [0.2, 0.25) is 0 Å². The Bertz CT molecular complexity index is 366. The van der Waals surface area contributed by atoms with E-state index in [0.29, 0.717) is 0 Å². The van der Waals surface area contributed by atoms with Gasteiger partial charge in [-0.05, 0) is 24.8 Å². The van der Waals surface area contributed by atoms with Crippen LogP contribution in [0.25, 0.3) is 0 Å². The van der Waals surface area contributed by atoms with Gasteiger partial charge in [-0.3, -0.25) is 4.68 Å². The number of aryl methyl sites for hydroxylation is 1. The fourth-order valence-corrected chi connectivity index (χ4v) is 2.18. The topological polar surface area (TPSA) is 39.1 Å². The maximum Gasteiger partial charge on any atom is 0.161 e. The van der Waals surface area contributed by atoms with Crippen LogP contribution in [0.3, 0.4) is 0 Å². The summed E-state index contributed by atoms with van der Waals surface area (Å²) >= 11 is 0. The highest BCUT2D eigenvalue weighted by Crippen LogP contribution is 2.33. The van der Waals surface area contributed by atoms with Crippen molar-refractivity contribution in [2.75, 3.05) is 13.7 Å². The molecule has 0 radical (unpaired) electrons. The quantitative estimate of drug-likeness (QED) is 0.847. The van der Waals surface area contributed by atoms with Gasteiger partial charge in [0.25, 0.3) is 0 Å². The minimum Gasteiger partial charge on any atom is -0.493 e. The number of aromatic nitrogens is 2. The van der Waals surface area contributed by atoms with Crippen LogP contribution in [0.1, 0.15) is 52.3 Å². The first-order valence-corrected chi connectivity index (χ1v) is 6.68. The largest absolute Gasteiger partial charge is 0.493 e. The third-order valence-corrected chi connectivity index (χ3v) is 2.96. The predicted molar refractivity (Wildman–Crippen MR) is 74.9 cm³/mol. The minimum absolute atomic E-state index is 0.265. The number of ether oxygens (including phenoxy) is 1. The van der Waals surface area contributed by atoms with Crippen LogP contribution >= 0.6 is 0 Å². The minimum atomic E-state index is 0.265. The second kappa shape index (κ2) is 6.23. The van der Waals surface area contributed by atoms with E-state index in [-0.39, 0.29) is 11.5 Å². The average Bonchev–Trinajstić information content (AvgIpc) is 2.64. The van der Waals surface area contributed by atoms with Crippen molar-refractivity contribution in [2.24, 2.45) is 12.5 Å². The van der Waals surface area contributed by atoms with Crippen LogP contribution in [0.15, 0.2) is 6.20 Å². The summed E-state index contributed by atoms with van der Waals surface area (Å²) in [6, 6.07) is 0.285. The van der Waals surface area contributed by atoms with Gasteiger partial charge in [-0.1, -0.05) is 27.7 Å². The van der Waals surface area contributed by atoms with Crippen molar-refractivity contribution in [3.63, 3.8) is 0 Å². The molecule has 0 aliphatic heterocycles. The van der Waals surface area contributed by atoms with Crippen LogP contribution in [0.4, 0.5) is 0 Å². The van der Waals surface area contributed by atoms with Crippen molar-refractivity contribution < 1.29 is 4.74 Å². The molecule has 1 rings (SSSR count). The molecule has 1 atom stereocenters. The molecule has 4 heteroatoms. The van der Waals surface area contributed by atoms with Gasteiger partial charge in [0.1, 0.15) is 0 Å². The third kappa shape index (κ3) is 4.02. The number of methoxy groups -OCH3 is 1. The lowest BCUT2D eigenvalue weighted by atomic mass is 9.86. The van der Waals surface area contributed by atoms with Gasteiger partial charge < -0.3 is 10.1 Å². The summed E-state index contributed by atoms with van der Waals surface area (Å²) in [5, 5.41) is 7.90. The van der Waals surface area contributed by atoms with E-state index in [4.69, 9.17) is 4.74 Å². The van der Waals surface area contributed by atoms with E-state index in [9.17, 15) is 0 Å². The number of nitrogens with one attached hydrogen (secondary N) is 1. The molecular weight excluding hydrogens is 226 g/mol. The Morgan fingerprint density at radius 1 is 1.44 bits per heavy atom. The summed E-state index contributed by atoms with van der Waals surface area (Å²) in [6.07, 6.45) is 3.97. The number of nitrogens with zero attached hydrogens (tertiary/aromatic N) is 2. The van der Waals surface area contributed by atoms with Crippen LogP contribution in [-0.2, 0) is 7.05 Å². The Morgan fingerprint density at radius 3 is 2.61 bits per heavy atom. The molecule has 0 aliphatic rings. The number of hydrogen-bond acceptors (Lipinski definition) is 3. The molecule has 0 aromatic carbocycles. The molecule has 0 saturated heterocycles. The van der Waals surface area contributed by atoms with Gasteiger partial charge in [0.05, 0.1) is 25.0 Å². The molecule has 0 fully saturated rings. The van der Waals surface area contributed by atoms with Crippen LogP contribution in [0, 0.1) is 5.41 Å². The first-order valence-electron chi connectivity index (χ1n) is 6.68. The molecule has 0 bridgehead atoms. The second-order valence-corrected chi connectivity index (χ2v) is 5.99. The standard InChI is InChI=1S/C14H27N3O/c1-7-8-15-11(9-14(2,3)4)13-12(18-6)10-16-17(13)5/h10-11,15H,7-9H2,1-6H3. The summed E-state index contributed by atoms with van der Waals surface area (Å²) in [5.41, 5.74) is 1.40. The summed E-state index contributed by atoms with van der Waals surface area (Å²) < 4.78 is 7.33. The van der Waals surface area contributed by atoms with E-state index in [1.54, 1.807) is 13.3 Å². The van der Waals surface area contributed by atoms with Gasteiger partial charge in [-0.15, -0.1) is 0 Å². The van der Waals surface area contributed by atoms with Crippen molar-refractivity contribution in [1.29, 1.82) is 0 Å². The third-order valence-electron chi connectivity index (χ3n) is 2.96. The molecule has 1 heterocycles. The van der Waals surface area contributed by atoms with Crippen molar-refractivity contribution >= 4 is 0 Å². The maximum absolute atomic E-state index is 5.42. The van der Waals surface area contributed by atoms with E-state index in [1.807, 2.05) is 11.7 Å². The molecule has 18 heavy (non-hydrogen) atoms. The molecule has 1 N–H and O–H groups in total. The average molecular weight is 253 g/mol. The molecule has 1 aromatic rings. The van der Waals surface area contributed by atoms with E-state index >= 15 is 0 Å². The molecule has 104 valence electrons. The van der Waals surface area contributed by atoms with Crippen molar-refractivity contribution in [3.8, 4) is 5.75 Å². The summed E-state index contributed by atoms with van der Waals surface area (Å²) in [7, 11) is 3.68. The smallest absolute Gasteiger partial charge is 0.161 e. The zero-order valence-electron chi connectivity index (χ0n) is 12.6. The van der Waals surface area contributed by atoms with Crippen LogP contribution < -0.4 is 10.1 Å². The first-order chi connectivity index (χ1) is 8.39. The van der Waals surface area contributed by atoms with E-state index in [1.165, 1.54) is 0 Å². The fraction of sp³-hybridized carbons (Fsp3) is 0.786. The molecule has 0 spiro atoms. The Balaban J connectivity index is 2.96. The fourth-order valence-electron chi connectivity index (χ4n) is 2.18. The van der Waals surface area contributed by atoms with Crippen LogP contribution in [-0.4, -0.2) is 23.4 Å². The second-order valence-electron chi connectivity index (χ2n) is 5.99. The summed E-state index contributed by atoms with van der Waals surface area (Å²) in [6.45, 7) is 9.97. The molecule has 0 saturated carbocycles. The highest BCUT2D eigenvalue weighted by Gasteiger charge is 2.25. The SMILES string of the molecule is CCCNC(CC(C)(C)C)c1c(OC)cnn1C. The van der Waals surface area contributed by atoms with Gasteiger partial charge in [-0.2, -0.15) is 5.10 Å². The molecular formula is C14H27N3O. The van der Waals surface area contributed by atoms with Gasteiger partial charge in [-0.25, -0.2) is 0 Å². The number of rotatable bonds is 6. The summed E-state index contributed by atoms with van der Waals surface area (Å²) in [4.78, 5) is 0. The molecule has 1 unspecified atom stereocenters. The molecule has 0 aliphatic carbocycles. The van der Waals surface area contributed by atoms with Gasteiger partial charge in [0, 0.05) is 7.05 Å². The van der Waals surface area contributed by atoms with E-state index in [0.717, 1.165) is 30.8 Å². The Hall–Kier alpha value is -1.03. The maximum atomic E-state index is 5.42. The zero-order chi connectivity index (χ0) is 13.8. The van der Waals surface area contributed by atoms with Crippen molar-refractivity contribution in [3.05, 3.63) is 11.9 Å². The zero-order valence-corrected chi connectivity index (χ0v) is 12.6. The van der Waals surface area contributed by atoms with E-state index in [2.05, 4.69) is 38.1 Å². The highest BCUT2D eigenvalue weighted by atomic mass is 16.5. The van der Waals surface area contributed by atoms with Gasteiger partial charge >= 0.3 is 0 Å². The number of hydrogen-bond donors (Lipinski definition) is 1. The lowest BCUT2D eigenvalue weighted by Crippen LogP contribution is -2.28. The van der Waals surface area contributed by atoms with Gasteiger partial charge in [0.15, 0.2) is 5.75 Å². The molecule has 0 amide bonds. The predicted octanol–water partition coefficient (Wildman–Crippen LogP) is 2.91. The van der Waals surface area contributed by atoms with E-state index < -0.39 is 0 Å². The van der Waals surface area contributed by atoms with Crippen LogP contribution in [0.2, 0.25) is 0 Å². The monoisotopic (exact) mass is 253 g/mol.